The number of nitrogens with zero attached hydrogens (tertiary/aromatic N) is 1. The topological polar surface area (TPSA) is 48.0 Å². The van der Waals surface area contributed by atoms with Crippen LogP contribution in [0.1, 0.15) is 36.0 Å². The molecule has 5 nitrogen and oxygen atoms in total. The van der Waals surface area contributed by atoms with Gasteiger partial charge in [0.05, 0.1) is 36.9 Å². The lowest BCUT2D eigenvalue weighted by molar-refractivity contribution is 0.0961. The second-order valence-corrected chi connectivity index (χ2v) is 10.4. The van der Waals surface area contributed by atoms with E-state index in [-0.39, 0.29) is 5.91 Å². The van der Waals surface area contributed by atoms with Crippen LogP contribution < -0.4 is 19.1 Å². The first-order valence-electron chi connectivity index (χ1n) is 9.80. The van der Waals surface area contributed by atoms with Crippen LogP contribution >= 0.6 is 32.9 Å². The number of hydrogen-bond acceptors (Lipinski definition) is 7. The third-order valence-corrected chi connectivity index (χ3v) is 8.70. The summed E-state index contributed by atoms with van der Waals surface area (Å²) >= 11 is 5.67. The largest absolute Gasteiger partial charge is 0.494 e. The molecule has 4 rings (SSSR count). The van der Waals surface area contributed by atoms with Gasteiger partial charge in [-0.3, -0.25) is 9.69 Å². The van der Waals surface area contributed by atoms with E-state index in [2.05, 4.69) is 13.8 Å². The molecule has 0 aliphatic carbocycles. The van der Waals surface area contributed by atoms with Crippen LogP contribution in [-0.4, -0.2) is 26.7 Å². The maximum absolute atomic E-state index is 13.9. The van der Waals surface area contributed by atoms with Crippen molar-refractivity contribution in [2.75, 3.05) is 25.7 Å². The molecule has 8 heteroatoms. The highest BCUT2D eigenvalue weighted by Gasteiger charge is 2.43. The summed E-state index contributed by atoms with van der Waals surface area (Å²) in [5.74, 6) is 1.74. The van der Waals surface area contributed by atoms with Crippen molar-refractivity contribution in [3.63, 3.8) is 0 Å². The third kappa shape index (κ3) is 3.52. The Morgan fingerprint density at radius 1 is 1.06 bits per heavy atom. The number of rotatable bonds is 5. The Morgan fingerprint density at radius 2 is 1.81 bits per heavy atom. The van der Waals surface area contributed by atoms with Crippen LogP contribution in [0.25, 0.3) is 11.1 Å². The van der Waals surface area contributed by atoms with Gasteiger partial charge in [-0.05, 0) is 57.2 Å². The van der Waals surface area contributed by atoms with Gasteiger partial charge in [0.15, 0.2) is 11.5 Å². The van der Waals surface area contributed by atoms with Gasteiger partial charge in [0.1, 0.15) is 9.57 Å². The lowest BCUT2D eigenvalue weighted by Crippen LogP contribution is -2.47. The molecule has 2 aromatic carbocycles. The number of anilines is 1. The maximum Gasteiger partial charge on any atom is 0.259 e. The summed E-state index contributed by atoms with van der Waals surface area (Å²) in [7, 11) is 6.33. The van der Waals surface area contributed by atoms with E-state index in [0.717, 1.165) is 31.3 Å². The molecule has 0 spiro atoms. The fourth-order valence-electron chi connectivity index (χ4n) is 3.93. The molecule has 0 atom stereocenters. The van der Waals surface area contributed by atoms with Crippen molar-refractivity contribution in [2.45, 2.75) is 26.3 Å². The molecular weight excluding hydrogens is 450 g/mol. The zero-order valence-electron chi connectivity index (χ0n) is 18.0. The molecule has 0 unspecified atom stereocenters. The van der Waals surface area contributed by atoms with Crippen molar-refractivity contribution < 1.29 is 19.0 Å². The molecule has 1 aliphatic heterocycles. The predicted octanol–water partition coefficient (Wildman–Crippen LogP) is 6.52. The van der Waals surface area contributed by atoms with Gasteiger partial charge >= 0.3 is 0 Å². The van der Waals surface area contributed by atoms with Crippen molar-refractivity contribution in [2.24, 2.45) is 0 Å². The number of benzene rings is 2. The van der Waals surface area contributed by atoms with Crippen molar-refractivity contribution in [3.8, 4) is 28.4 Å². The summed E-state index contributed by atoms with van der Waals surface area (Å²) in [6.45, 7) is 6.63. The van der Waals surface area contributed by atoms with Gasteiger partial charge in [-0.15, -0.1) is 0 Å². The molecule has 3 aromatic rings. The number of carbonyl (C=O) groups excluding carboxylic acids is 1. The molecule has 0 saturated heterocycles. The summed E-state index contributed by atoms with van der Waals surface area (Å²) < 4.78 is 17.3. The molecule has 0 bridgehead atoms. The molecule has 0 saturated carbocycles. The molecule has 2 heterocycles. The van der Waals surface area contributed by atoms with Crippen LogP contribution in [0.2, 0.25) is 0 Å². The van der Waals surface area contributed by atoms with E-state index in [0.29, 0.717) is 23.7 Å². The summed E-state index contributed by atoms with van der Waals surface area (Å²) in [5, 5.41) is 0. The molecule has 1 amide bonds. The van der Waals surface area contributed by atoms with Crippen LogP contribution in [-0.2, 0) is 5.54 Å². The molecule has 31 heavy (non-hydrogen) atoms. The maximum atomic E-state index is 13.9. The minimum atomic E-state index is -0.571. The van der Waals surface area contributed by atoms with Crippen molar-refractivity contribution >= 4 is 44.5 Å². The van der Waals surface area contributed by atoms with Gasteiger partial charge < -0.3 is 14.2 Å². The van der Waals surface area contributed by atoms with E-state index < -0.39 is 5.54 Å². The lowest BCUT2D eigenvalue weighted by Gasteiger charge is -2.43. The molecule has 0 radical (unpaired) electrons. The second kappa shape index (κ2) is 8.26. The number of fused-ring (bicyclic) bond motifs is 3. The number of hydrogen-bond donors (Lipinski definition) is 0. The quantitative estimate of drug-likeness (QED) is 0.312. The smallest absolute Gasteiger partial charge is 0.259 e. The Morgan fingerprint density at radius 3 is 2.48 bits per heavy atom. The molecule has 1 aliphatic rings. The Labute approximate surface area is 194 Å². The minimum absolute atomic E-state index is 0.119. The van der Waals surface area contributed by atoms with E-state index in [1.54, 1.807) is 53.1 Å². The highest BCUT2D eigenvalue weighted by Crippen LogP contribution is 2.53. The van der Waals surface area contributed by atoms with Crippen molar-refractivity contribution in [1.29, 1.82) is 0 Å². The van der Waals surface area contributed by atoms with E-state index in [1.165, 1.54) is 0 Å². The second-order valence-electron chi connectivity index (χ2n) is 7.54. The van der Waals surface area contributed by atoms with Crippen LogP contribution in [0.4, 0.5) is 5.69 Å². The summed E-state index contributed by atoms with van der Waals surface area (Å²) in [5.41, 5.74) is 2.72. The third-order valence-electron chi connectivity index (χ3n) is 5.37. The molecular formula is C23H23NO4S3. The van der Waals surface area contributed by atoms with Crippen LogP contribution in [0.15, 0.2) is 36.4 Å². The summed E-state index contributed by atoms with van der Waals surface area (Å²) in [4.78, 5) is 16.8. The first-order chi connectivity index (χ1) is 14.8. The summed E-state index contributed by atoms with van der Waals surface area (Å²) in [6, 6.07) is 11.1. The van der Waals surface area contributed by atoms with Gasteiger partial charge in [0.25, 0.3) is 5.91 Å². The van der Waals surface area contributed by atoms with Gasteiger partial charge in [-0.1, -0.05) is 32.9 Å². The molecule has 0 N–H and O–H groups in total. The first kappa shape index (κ1) is 21.8. The molecule has 1 aromatic heterocycles. The average molecular weight is 474 g/mol. The number of methoxy groups -OCH3 is 2. The number of ether oxygens (including phenoxy) is 3. The zero-order valence-corrected chi connectivity index (χ0v) is 20.4. The Bertz CT molecular complexity index is 1210. The average Bonchev–Trinajstić information content (AvgIpc) is 3.16. The fourth-order valence-corrected chi connectivity index (χ4v) is 7.21. The minimum Gasteiger partial charge on any atom is -0.494 e. The van der Waals surface area contributed by atoms with Gasteiger partial charge in [-0.2, -0.15) is 0 Å². The standard InChI is InChI=1S/C23H23NO4S3/c1-6-28-14-8-9-16-15(12-14)19-20(30-31-22(19)29)23(2,3)24(16)21(25)13-7-10-17(26-4)18(11-13)27-5/h7-12H,6H2,1-5H3. The van der Waals surface area contributed by atoms with Crippen LogP contribution in [0.3, 0.4) is 0 Å². The highest BCUT2D eigenvalue weighted by atomic mass is 32.9. The fraction of sp³-hybridized carbons (Fsp3) is 0.304. The van der Waals surface area contributed by atoms with E-state index in [4.69, 9.17) is 26.4 Å². The van der Waals surface area contributed by atoms with Gasteiger partial charge in [0, 0.05) is 16.7 Å². The van der Waals surface area contributed by atoms with Crippen LogP contribution in [0.5, 0.6) is 17.2 Å². The van der Waals surface area contributed by atoms with E-state index in [9.17, 15) is 4.79 Å². The number of amides is 1. The Hall–Kier alpha value is -2.42. The molecule has 162 valence electrons. The highest BCUT2D eigenvalue weighted by molar-refractivity contribution is 7.80. The SMILES string of the molecule is CCOc1ccc2c(c1)-c1c(ssc1=S)C(C)(C)N2C(=O)c1ccc(OC)c(OC)c1. The van der Waals surface area contributed by atoms with Gasteiger partial charge in [-0.25, -0.2) is 0 Å². The number of carbonyl (C=O) groups is 1. The van der Waals surface area contributed by atoms with Crippen molar-refractivity contribution in [3.05, 3.63) is 50.7 Å². The Kier molecular flexibility index (Phi) is 5.81. The van der Waals surface area contributed by atoms with E-state index >= 15 is 0 Å². The lowest BCUT2D eigenvalue weighted by atomic mass is 9.86. The monoisotopic (exact) mass is 473 g/mol. The van der Waals surface area contributed by atoms with Gasteiger partial charge in [0.2, 0.25) is 0 Å². The van der Waals surface area contributed by atoms with Crippen LogP contribution in [0, 0.1) is 3.82 Å². The van der Waals surface area contributed by atoms with E-state index in [1.807, 2.05) is 30.0 Å². The summed E-state index contributed by atoms with van der Waals surface area (Å²) in [6.07, 6.45) is 0. The Balaban J connectivity index is 1.91. The predicted molar refractivity (Wildman–Crippen MR) is 129 cm³/mol. The zero-order chi connectivity index (χ0) is 22.3. The molecule has 0 fully saturated rings. The van der Waals surface area contributed by atoms with Crippen molar-refractivity contribution in [1.82, 2.24) is 0 Å². The first-order valence-corrected chi connectivity index (χ1v) is 12.4. The normalized spacial score (nSPS) is 13.9.